The maximum atomic E-state index is 15.9. The van der Waals surface area contributed by atoms with E-state index in [1.165, 1.54) is 12.1 Å². The molecular formula is C35H40ClFN4O6. The van der Waals surface area contributed by atoms with Gasteiger partial charge in [0.1, 0.15) is 5.82 Å². The molecule has 3 aliphatic heterocycles. The zero-order valence-electron chi connectivity index (χ0n) is 26.4. The summed E-state index contributed by atoms with van der Waals surface area (Å²) in [6, 6.07) is 10.1. The fourth-order valence-electron chi connectivity index (χ4n) is 8.00. The Bertz CT molecular complexity index is 1700. The van der Waals surface area contributed by atoms with Gasteiger partial charge in [0.25, 0.3) is 5.91 Å². The number of benzene rings is 2. The van der Waals surface area contributed by atoms with Gasteiger partial charge >= 0.3 is 5.97 Å². The third-order valence-corrected chi connectivity index (χ3v) is 10.7. The van der Waals surface area contributed by atoms with Crippen LogP contribution in [0.15, 0.2) is 42.6 Å². The summed E-state index contributed by atoms with van der Waals surface area (Å²) in [6.07, 6.45) is 5.79. The molecule has 3 aromatic rings. The first-order chi connectivity index (χ1) is 22.6. The summed E-state index contributed by atoms with van der Waals surface area (Å²) in [4.78, 5) is 43.9. The van der Waals surface area contributed by atoms with Crippen molar-refractivity contribution in [1.29, 1.82) is 0 Å². The van der Waals surface area contributed by atoms with Gasteiger partial charge in [-0.05, 0) is 68.7 Å². The van der Waals surface area contributed by atoms with Crippen LogP contribution in [0, 0.1) is 11.7 Å². The number of para-hydroxylation sites is 1. The summed E-state index contributed by atoms with van der Waals surface area (Å²) in [7, 11) is 1.85. The Morgan fingerprint density at radius 1 is 1.13 bits per heavy atom. The highest BCUT2D eigenvalue weighted by molar-refractivity contribution is 6.34. The number of aromatic nitrogens is 1. The van der Waals surface area contributed by atoms with Gasteiger partial charge in [0.2, 0.25) is 5.85 Å². The lowest BCUT2D eigenvalue weighted by Crippen LogP contribution is -2.70. The molecule has 0 radical (unpaired) electrons. The summed E-state index contributed by atoms with van der Waals surface area (Å²) in [5.74, 6) is -4.01. The number of hydrogen-bond acceptors (Lipinski definition) is 7. The second-order valence-corrected chi connectivity index (χ2v) is 13.8. The monoisotopic (exact) mass is 666 g/mol. The summed E-state index contributed by atoms with van der Waals surface area (Å²) in [5.41, 5.74) is 1.56. The van der Waals surface area contributed by atoms with Crippen molar-refractivity contribution in [3.05, 3.63) is 64.6 Å². The number of carboxylic acid groups (broad SMARTS) is 1. The molecule has 2 aromatic carbocycles. The lowest BCUT2D eigenvalue weighted by molar-refractivity contribution is -0.267. The molecule has 47 heavy (non-hydrogen) atoms. The molecule has 4 fully saturated rings. The summed E-state index contributed by atoms with van der Waals surface area (Å²) in [5, 5.41) is 13.2. The maximum Gasteiger partial charge on any atom is 0.306 e. The van der Waals surface area contributed by atoms with Gasteiger partial charge in [0.05, 0.1) is 41.0 Å². The van der Waals surface area contributed by atoms with Gasteiger partial charge in [-0.1, -0.05) is 29.8 Å². The third-order valence-electron chi connectivity index (χ3n) is 10.4. The highest BCUT2D eigenvalue weighted by atomic mass is 35.5. The van der Waals surface area contributed by atoms with Crippen LogP contribution in [-0.2, 0) is 32.5 Å². The molecule has 2 N–H and O–H groups in total. The number of carbonyl (C=O) groups excluding carboxylic acids is 2. The molecule has 1 unspecified atom stereocenters. The number of likely N-dealkylation sites (tertiary alicyclic amines) is 2. The number of morpholine rings is 1. The topological polar surface area (TPSA) is 113 Å². The van der Waals surface area contributed by atoms with E-state index in [-0.39, 0.29) is 46.7 Å². The average Bonchev–Trinajstić information content (AvgIpc) is 3.89. The molecule has 4 aliphatic rings. The molecule has 0 spiro atoms. The van der Waals surface area contributed by atoms with Crippen LogP contribution in [0.2, 0.25) is 5.02 Å². The van der Waals surface area contributed by atoms with Crippen LogP contribution < -0.4 is 5.32 Å². The Hall–Kier alpha value is -3.35. The highest BCUT2D eigenvalue weighted by Gasteiger charge is 2.58. The number of halogens is 2. The molecule has 12 heteroatoms. The Labute approximate surface area is 277 Å². The number of nitrogens with one attached hydrogen (secondary N) is 1. The predicted molar refractivity (Wildman–Crippen MR) is 174 cm³/mol. The molecular weight excluding hydrogens is 627 g/mol. The first-order valence-electron chi connectivity index (χ1n) is 16.5. The molecule has 1 aromatic heterocycles. The van der Waals surface area contributed by atoms with Gasteiger partial charge in [-0.2, -0.15) is 0 Å². The van der Waals surface area contributed by atoms with E-state index in [0.29, 0.717) is 57.5 Å². The number of ketones is 1. The number of aryl methyl sites for hydroxylation is 1. The fraction of sp³-hybridized carbons (Fsp3) is 0.514. The summed E-state index contributed by atoms with van der Waals surface area (Å²) < 4.78 is 30.5. The van der Waals surface area contributed by atoms with E-state index in [4.69, 9.17) is 21.1 Å². The maximum absolute atomic E-state index is 15.9. The Morgan fingerprint density at radius 2 is 1.87 bits per heavy atom. The number of nitrogens with zero attached hydrogens (tertiary/aromatic N) is 3. The Balaban J connectivity index is 1.16. The highest BCUT2D eigenvalue weighted by Crippen LogP contribution is 2.42. The zero-order valence-corrected chi connectivity index (χ0v) is 27.2. The van der Waals surface area contributed by atoms with Crippen LogP contribution in [0.3, 0.4) is 0 Å². The molecule has 2 bridgehead atoms. The number of ether oxygens (including phenoxy) is 2. The van der Waals surface area contributed by atoms with Crippen LogP contribution in [0.1, 0.15) is 60.9 Å². The Morgan fingerprint density at radius 3 is 2.55 bits per heavy atom. The molecule has 250 valence electrons. The number of carboxylic acids is 1. The number of anilines is 1. The summed E-state index contributed by atoms with van der Waals surface area (Å²) >= 11 is 6.64. The van der Waals surface area contributed by atoms with Crippen molar-refractivity contribution < 1.29 is 33.4 Å². The van der Waals surface area contributed by atoms with E-state index < -0.39 is 29.5 Å². The van der Waals surface area contributed by atoms with E-state index in [1.54, 1.807) is 6.20 Å². The number of hydrogen-bond donors (Lipinski definition) is 2. The number of carbonyl (C=O) groups is 3. The third kappa shape index (κ3) is 5.97. The predicted octanol–water partition coefficient (Wildman–Crippen LogP) is 5.22. The van der Waals surface area contributed by atoms with Crippen molar-refractivity contribution in [2.75, 3.05) is 31.6 Å². The number of fused-ring (bicyclic) bond motifs is 3. The first kappa shape index (κ1) is 32.2. The zero-order chi connectivity index (χ0) is 32.9. The largest absolute Gasteiger partial charge is 0.481 e. The molecule has 1 amide bonds. The van der Waals surface area contributed by atoms with E-state index in [1.807, 2.05) is 35.9 Å². The van der Waals surface area contributed by atoms with Gasteiger partial charge in [-0.3, -0.25) is 19.3 Å². The van der Waals surface area contributed by atoms with Crippen LogP contribution >= 0.6 is 11.6 Å². The van der Waals surface area contributed by atoms with E-state index in [2.05, 4.69) is 15.1 Å². The van der Waals surface area contributed by atoms with Crippen molar-refractivity contribution in [1.82, 2.24) is 14.4 Å². The number of rotatable bonds is 10. The normalized spacial score (nSPS) is 26.1. The SMILES string of the molecule is Cn1cc(C(=O)Nc2cc(F)c(CC(=O)C(OC3CCC(C(=O)O)CC3)(N3CCCC3)N3C[C@H]4C[C@H]3CO4)cc2Cl)c2ccccc21. The fourth-order valence-corrected chi connectivity index (χ4v) is 8.23. The van der Waals surface area contributed by atoms with E-state index >= 15 is 4.39 Å². The van der Waals surface area contributed by atoms with Gasteiger partial charge in [0, 0.05) is 56.2 Å². The summed E-state index contributed by atoms with van der Waals surface area (Å²) in [6.45, 7) is 2.34. The Kier molecular flexibility index (Phi) is 8.86. The smallest absolute Gasteiger partial charge is 0.306 e. The molecule has 4 heterocycles. The lowest BCUT2D eigenvalue weighted by Gasteiger charge is -2.51. The number of Topliss-reactive ketones (excluding diaryl/α,β-unsaturated/α-hetero) is 1. The lowest BCUT2D eigenvalue weighted by atomic mass is 9.87. The minimum absolute atomic E-state index is 0.00284. The standard InChI is InChI=1S/C35H40ClFN4O6/c1-39-19-27(26-6-2-3-7-31(26)39)33(43)38-30-17-29(37)22(14-28(30)36)15-32(42)35(40-12-4-5-13-40,41-18-25-16-23(41)20-46-25)47-24-10-8-21(9-11-24)34(44)45/h2-3,6-7,14,17,19,21,23-25H,4-5,8-13,15-16,18,20H2,1H3,(H,38,43)(H,44,45)/t21?,23-,24?,25+,35?/m0/s1. The van der Waals surface area contributed by atoms with Crippen LogP contribution in [0.5, 0.6) is 0 Å². The van der Waals surface area contributed by atoms with Gasteiger partial charge < -0.3 is 24.5 Å². The van der Waals surface area contributed by atoms with E-state index in [9.17, 15) is 19.5 Å². The number of amides is 1. The molecule has 7 rings (SSSR count). The first-order valence-corrected chi connectivity index (χ1v) is 16.9. The van der Waals surface area contributed by atoms with Gasteiger partial charge in [-0.25, -0.2) is 9.29 Å². The minimum Gasteiger partial charge on any atom is -0.481 e. The minimum atomic E-state index is -1.43. The van der Waals surface area contributed by atoms with Gasteiger partial charge in [0.15, 0.2) is 5.78 Å². The molecule has 1 aliphatic carbocycles. The molecule has 10 nitrogen and oxygen atoms in total. The quantitative estimate of drug-likeness (QED) is 0.303. The molecule has 1 saturated carbocycles. The average molecular weight is 667 g/mol. The van der Waals surface area contributed by atoms with Crippen LogP contribution in [0.4, 0.5) is 10.1 Å². The van der Waals surface area contributed by atoms with E-state index in [0.717, 1.165) is 30.2 Å². The van der Waals surface area contributed by atoms with Crippen molar-refractivity contribution in [2.24, 2.45) is 13.0 Å². The van der Waals surface area contributed by atoms with Gasteiger partial charge in [-0.15, -0.1) is 0 Å². The van der Waals surface area contributed by atoms with Crippen molar-refractivity contribution in [3.63, 3.8) is 0 Å². The molecule has 3 saturated heterocycles. The van der Waals surface area contributed by atoms with Crippen molar-refractivity contribution in [3.8, 4) is 0 Å². The van der Waals surface area contributed by atoms with Crippen LogP contribution in [-0.4, -0.2) is 87.5 Å². The van der Waals surface area contributed by atoms with Crippen LogP contribution in [0.25, 0.3) is 10.9 Å². The second-order valence-electron chi connectivity index (χ2n) is 13.4. The van der Waals surface area contributed by atoms with Crippen molar-refractivity contribution >= 4 is 45.9 Å². The number of aliphatic carboxylic acids is 1. The molecule has 3 atom stereocenters. The van der Waals surface area contributed by atoms with Crippen molar-refractivity contribution in [2.45, 2.75) is 75.5 Å². The second kappa shape index (κ2) is 12.9.